The van der Waals surface area contributed by atoms with Gasteiger partial charge in [-0.05, 0) is 43.9 Å². The maximum Gasteiger partial charge on any atom is 0.0605 e. The summed E-state index contributed by atoms with van der Waals surface area (Å²) >= 11 is 0. The van der Waals surface area contributed by atoms with Crippen LogP contribution in [0.2, 0.25) is 0 Å². The molecule has 2 N–H and O–H groups in total. The Balaban J connectivity index is 1.93. The lowest BCUT2D eigenvalue weighted by Gasteiger charge is -2.33. The summed E-state index contributed by atoms with van der Waals surface area (Å²) in [6.45, 7) is 4.22. The van der Waals surface area contributed by atoms with E-state index in [-0.39, 0.29) is 6.04 Å². The van der Waals surface area contributed by atoms with Crippen molar-refractivity contribution in [3.05, 3.63) is 29.8 Å². The first-order valence-corrected chi connectivity index (χ1v) is 6.81. The molecule has 1 aromatic carbocycles. The summed E-state index contributed by atoms with van der Waals surface area (Å²) in [5.41, 5.74) is 8.45. The number of methoxy groups -OCH3 is 1. The number of hydrogen-bond acceptors (Lipinski definition) is 3. The number of piperidine rings is 1. The molecule has 1 atom stereocenters. The Morgan fingerprint density at radius 3 is 2.39 bits per heavy atom. The Kier molecular flexibility index (Phi) is 4.61. The molecule has 0 aromatic heterocycles. The molecule has 1 aliphatic heterocycles. The minimum absolute atomic E-state index is 0.230. The molecule has 2 rings (SSSR count). The van der Waals surface area contributed by atoms with E-state index in [0.717, 1.165) is 32.4 Å². The number of nitrogens with zero attached hydrogens (tertiary/aromatic N) is 1. The van der Waals surface area contributed by atoms with Crippen LogP contribution in [0.15, 0.2) is 24.3 Å². The molecule has 0 spiro atoms. The number of rotatable bonds is 4. The smallest absolute Gasteiger partial charge is 0.0605 e. The monoisotopic (exact) mass is 248 g/mol. The van der Waals surface area contributed by atoms with Crippen molar-refractivity contribution in [3.63, 3.8) is 0 Å². The van der Waals surface area contributed by atoms with E-state index >= 15 is 0 Å². The van der Waals surface area contributed by atoms with Crippen molar-refractivity contribution < 1.29 is 4.74 Å². The highest BCUT2D eigenvalue weighted by molar-refractivity contribution is 5.48. The van der Waals surface area contributed by atoms with E-state index in [1.807, 2.05) is 14.0 Å². The second-order valence-electron chi connectivity index (χ2n) is 5.27. The Hall–Kier alpha value is -1.06. The average molecular weight is 248 g/mol. The van der Waals surface area contributed by atoms with Crippen LogP contribution in [0.4, 0.5) is 5.69 Å². The summed E-state index contributed by atoms with van der Waals surface area (Å²) in [6.07, 6.45) is 3.64. The SMILES string of the molecule is COC1CCN(c2ccc(CC(C)N)cc2)CC1. The Bertz CT molecular complexity index is 353. The highest BCUT2D eigenvalue weighted by Crippen LogP contribution is 2.21. The van der Waals surface area contributed by atoms with E-state index in [2.05, 4.69) is 29.2 Å². The summed E-state index contributed by atoms with van der Waals surface area (Å²) in [6, 6.07) is 9.05. The van der Waals surface area contributed by atoms with Crippen LogP contribution < -0.4 is 10.6 Å². The van der Waals surface area contributed by atoms with Gasteiger partial charge in [-0.2, -0.15) is 0 Å². The van der Waals surface area contributed by atoms with Gasteiger partial charge in [-0.15, -0.1) is 0 Å². The molecular formula is C15H24N2O. The van der Waals surface area contributed by atoms with Crippen LogP contribution in [-0.4, -0.2) is 32.3 Å². The molecule has 1 unspecified atom stereocenters. The number of nitrogens with two attached hydrogens (primary N) is 1. The molecule has 0 aliphatic carbocycles. The van der Waals surface area contributed by atoms with Crippen LogP contribution >= 0.6 is 0 Å². The summed E-state index contributed by atoms with van der Waals surface area (Å²) in [7, 11) is 1.81. The molecule has 1 heterocycles. The second kappa shape index (κ2) is 6.21. The highest BCUT2D eigenvalue weighted by Gasteiger charge is 2.18. The number of anilines is 1. The van der Waals surface area contributed by atoms with E-state index < -0.39 is 0 Å². The second-order valence-corrected chi connectivity index (χ2v) is 5.27. The van der Waals surface area contributed by atoms with Crippen molar-refractivity contribution in [2.24, 2.45) is 5.73 Å². The van der Waals surface area contributed by atoms with Gasteiger partial charge in [-0.25, -0.2) is 0 Å². The van der Waals surface area contributed by atoms with Gasteiger partial charge in [-0.1, -0.05) is 12.1 Å². The van der Waals surface area contributed by atoms with E-state index in [0.29, 0.717) is 6.10 Å². The van der Waals surface area contributed by atoms with Gasteiger partial charge in [0.25, 0.3) is 0 Å². The van der Waals surface area contributed by atoms with Crippen molar-refractivity contribution in [1.82, 2.24) is 0 Å². The fraction of sp³-hybridized carbons (Fsp3) is 0.600. The highest BCUT2D eigenvalue weighted by atomic mass is 16.5. The molecule has 100 valence electrons. The third kappa shape index (κ3) is 3.47. The molecule has 1 aromatic rings. The van der Waals surface area contributed by atoms with E-state index in [1.165, 1.54) is 11.3 Å². The van der Waals surface area contributed by atoms with Crippen molar-refractivity contribution in [2.45, 2.75) is 38.3 Å². The molecule has 0 bridgehead atoms. The molecule has 0 radical (unpaired) electrons. The topological polar surface area (TPSA) is 38.5 Å². The number of benzene rings is 1. The molecule has 1 aliphatic rings. The minimum Gasteiger partial charge on any atom is -0.381 e. The van der Waals surface area contributed by atoms with Crippen LogP contribution in [0.3, 0.4) is 0 Å². The largest absolute Gasteiger partial charge is 0.381 e. The summed E-state index contributed by atoms with van der Waals surface area (Å²) < 4.78 is 5.40. The van der Waals surface area contributed by atoms with Crippen LogP contribution in [-0.2, 0) is 11.2 Å². The zero-order chi connectivity index (χ0) is 13.0. The third-order valence-corrected chi connectivity index (χ3v) is 3.63. The molecule has 1 fully saturated rings. The van der Waals surface area contributed by atoms with Crippen LogP contribution in [0.25, 0.3) is 0 Å². The van der Waals surface area contributed by atoms with Crippen molar-refractivity contribution in [3.8, 4) is 0 Å². The first kappa shape index (κ1) is 13.4. The fourth-order valence-corrected chi connectivity index (χ4v) is 2.56. The van der Waals surface area contributed by atoms with E-state index in [9.17, 15) is 0 Å². The normalized spacial score (nSPS) is 18.9. The molecule has 0 amide bonds. The predicted molar refractivity (Wildman–Crippen MR) is 76.0 cm³/mol. The summed E-state index contributed by atoms with van der Waals surface area (Å²) in [5.74, 6) is 0. The van der Waals surface area contributed by atoms with Crippen LogP contribution in [0.1, 0.15) is 25.3 Å². The first-order valence-electron chi connectivity index (χ1n) is 6.81. The predicted octanol–water partition coefficient (Wildman–Crippen LogP) is 2.19. The van der Waals surface area contributed by atoms with Gasteiger partial charge in [0, 0.05) is 31.9 Å². The average Bonchev–Trinajstić information content (AvgIpc) is 2.39. The molecule has 3 nitrogen and oxygen atoms in total. The lowest BCUT2D eigenvalue weighted by atomic mass is 10.0. The van der Waals surface area contributed by atoms with Crippen LogP contribution in [0, 0.1) is 0 Å². The summed E-state index contributed by atoms with van der Waals surface area (Å²) in [4.78, 5) is 2.44. The lowest BCUT2D eigenvalue weighted by Crippen LogP contribution is -2.36. The maximum atomic E-state index is 5.81. The molecule has 18 heavy (non-hydrogen) atoms. The van der Waals surface area contributed by atoms with E-state index in [1.54, 1.807) is 0 Å². The molecule has 0 saturated carbocycles. The third-order valence-electron chi connectivity index (χ3n) is 3.63. The standard InChI is InChI=1S/C15H24N2O/c1-12(16)11-13-3-5-14(6-4-13)17-9-7-15(18-2)8-10-17/h3-6,12,15H,7-11,16H2,1-2H3. The van der Waals surface area contributed by atoms with Gasteiger partial charge in [0.05, 0.1) is 6.10 Å². The minimum atomic E-state index is 0.230. The lowest BCUT2D eigenvalue weighted by molar-refractivity contribution is 0.0819. The van der Waals surface area contributed by atoms with E-state index in [4.69, 9.17) is 10.5 Å². The quantitative estimate of drug-likeness (QED) is 0.887. The first-order chi connectivity index (χ1) is 8.69. The summed E-state index contributed by atoms with van der Waals surface area (Å²) in [5, 5.41) is 0. The van der Waals surface area contributed by atoms with Gasteiger partial charge in [0.2, 0.25) is 0 Å². The molecule has 3 heteroatoms. The number of ether oxygens (including phenoxy) is 1. The zero-order valence-electron chi connectivity index (χ0n) is 11.4. The zero-order valence-corrected chi connectivity index (χ0v) is 11.4. The van der Waals surface area contributed by atoms with Gasteiger partial charge in [0.1, 0.15) is 0 Å². The van der Waals surface area contributed by atoms with Crippen molar-refractivity contribution in [2.75, 3.05) is 25.1 Å². The maximum absolute atomic E-state index is 5.81. The Labute approximate surface area is 110 Å². The fourth-order valence-electron chi connectivity index (χ4n) is 2.56. The van der Waals surface area contributed by atoms with Gasteiger partial charge in [0.15, 0.2) is 0 Å². The molecule has 1 saturated heterocycles. The Morgan fingerprint density at radius 2 is 1.89 bits per heavy atom. The Morgan fingerprint density at radius 1 is 1.28 bits per heavy atom. The molecular weight excluding hydrogens is 224 g/mol. The van der Waals surface area contributed by atoms with Gasteiger partial charge < -0.3 is 15.4 Å². The van der Waals surface area contributed by atoms with Crippen molar-refractivity contribution >= 4 is 5.69 Å². The van der Waals surface area contributed by atoms with Gasteiger partial charge in [-0.3, -0.25) is 0 Å². The number of hydrogen-bond donors (Lipinski definition) is 1. The van der Waals surface area contributed by atoms with Gasteiger partial charge >= 0.3 is 0 Å². The van der Waals surface area contributed by atoms with Crippen LogP contribution in [0.5, 0.6) is 0 Å². The van der Waals surface area contributed by atoms with Crippen molar-refractivity contribution in [1.29, 1.82) is 0 Å².